The Morgan fingerprint density at radius 2 is 1.86 bits per heavy atom. The van der Waals surface area contributed by atoms with Crippen LogP contribution in [0.2, 0.25) is 0 Å². The van der Waals surface area contributed by atoms with Crippen LogP contribution in [-0.2, 0) is 6.42 Å². The summed E-state index contributed by atoms with van der Waals surface area (Å²) in [4.78, 5) is 17.1. The second-order valence-electron chi connectivity index (χ2n) is 8.12. The molecule has 2 fully saturated rings. The van der Waals surface area contributed by atoms with Gasteiger partial charge in [0.05, 0.1) is 12.2 Å². The molecule has 0 aliphatic carbocycles. The number of rotatable bonds is 6. The number of benzene rings is 1. The minimum Gasteiger partial charge on any atom is -0.337 e. The van der Waals surface area contributed by atoms with E-state index in [9.17, 15) is 4.79 Å². The molecule has 6 nitrogen and oxygen atoms in total. The van der Waals surface area contributed by atoms with Crippen molar-refractivity contribution in [2.45, 2.75) is 51.0 Å². The maximum atomic E-state index is 12.6. The smallest absolute Gasteiger partial charge is 0.276 e. The quantitative estimate of drug-likeness (QED) is 0.771. The first-order chi connectivity index (χ1) is 13.8. The average molecular weight is 382 g/mol. The van der Waals surface area contributed by atoms with Crippen molar-refractivity contribution in [2.24, 2.45) is 0 Å². The van der Waals surface area contributed by atoms with Gasteiger partial charge in [-0.1, -0.05) is 35.5 Å². The van der Waals surface area contributed by atoms with E-state index in [1.165, 1.54) is 24.8 Å². The zero-order valence-corrected chi connectivity index (χ0v) is 16.7. The molecule has 150 valence electrons. The highest BCUT2D eigenvalue weighted by Gasteiger charge is 2.25. The SMILES string of the molecule is O=C(c1cn(C2CCCN(CCCc3ccccc3)C2)nn1)N1CCCCC1. The fourth-order valence-corrected chi connectivity index (χ4v) is 4.41. The van der Waals surface area contributed by atoms with Gasteiger partial charge in [0.25, 0.3) is 5.91 Å². The van der Waals surface area contributed by atoms with Gasteiger partial charge in [0.2, 0.25) is 0 Å². The molecule has 1 amide bonds. The first-order valence-electron chi connectivity index (χ1n) is 10.8. The van der Waals surface area contributed by atoms with E-state index < -0.39 is 0 Å². The molecule has 0 radical (unpaired) electrons. The summed E-state index contributed by atoms with van der Waals surface area (Å²) in [5.74, 6) is 0.0430. The fraction of sp³-hybridized carbons (Fsp3) is 0.591. The Balaban J connectivity index is 1.29. The first kappa shape index (κ1) is 19.1. The van der Waals surface area contributed by atoms with Gasteiger partial charge in [-0.25, -0.2) is 4.68 Å². The van der Waals surface area contributed by atoms with Gasteiger partial charge < -0.3 is 9.80 Å². The summed E-state index contributed by atoms with van der Waals surface area (Å²) < 4.78 is 1.93. The summed E-state index contributed by atoms with van der Waals surface area (Å²) >= 11 is 0. The van der Waals surface area contributed by atoms with Crippen LogP contribution in [0.4, 0.5) is 0 Å². The van der Waals surface area contributed by atoms with Crippen LogP contribution < -0.4 is 0 Å². The second kappa shape index (κ2) is 9.32. The van der Waals surface area contributed by atoms with Gasteiger partial charge in [-0.2, -0.15) is 0 Å². The van der Waals surface area contributed by atoms with E-state index in [0.29, 0.717) is 11.7 Å². The topological polar surface area (TPSA) is 54.3 Å². The number of aromatic nitrogens is 3. The summed E-state index contributed by atoms with van der Waals surface area (Å²) in [6.45, 7) is 4.96. The van der Waals surface area contributed by atoms with E-state index in [1.807, 2.05) is 15.8 Å². The number of nitrogens with zero attached hydrogens (tertiary/aromatic N) is 5. The van der Waals surface area contributed by atoms with E-state index in [4.69, 9.17) is 0 Å². The molecular formula is C22H31N5O. The third-order valence-electron chi connectivity index (χ3n) is 6.01. The monoisotopic (exact) mass is 381 g/mol. The van der Waals surface area contributed by atoms with Crippen LogP contribution in [0.3, 0.4) is 0 Å². The van der Waals surface area contributed by atoms with Crippen molar-refractivity contribution in [1.82, 2.24) is 24.8 Å². The minimum atomic E-state index is 0.0430. The molecule has 4 rings (SSSR count). The van der Waals surface area contributed by atoms with Crippen LogP contribution in [0.1, 0.15) is 60.6 Å². The molecule has 6 heteroatoms. The Kier molecular flexibility index (Phi) is 6.37. The Hall–Kier alpha value is -2.21. The van der Waals surface area contributed by atoms with Crippen LogP contribution >= 0.6 is 0 Å². The zero-order valence-electron chi connectivity index (χ0n) is 16.7. The average Bonchev–Trinajstić information content (AvgIpc) is 3.25. The number of carbonyl (C=O) groups is 1. The lowest BCUT2D eigenvalue weighted by atomic mass is 10.0. The lowest BCUT2D eigenvalue weighted by Crippen LogP contribution is -2.37. The zero-order chi connectivity index (χ0) is 19.2. The molecule has 1 aromatic carbocycles. The second-order valence-corrected chi connectivity index (χ2v) is 8.12. The lowest BCUT2D eigenvalue weighted by molar-refractivity contribution is 0.0718. The van der Waals surface area contributed by atoms with Crippen LogP contribution in [0.5, 0.6) is 0 Å². The summed E-state index contributed by atoms with van der Waals surface area (Å²) in [6, 6.07) is 11.0. The fourth-order valence-electron chi connectivity index (χ4n) is 4.41. The van der Waals surface area contributed by atoms with Crippen molar-refractivity contribution in [1.29, 1.82) is 0 Å². The molecule has 1 atom stereocenters. The van der Waals surface area contributed by atoms with Gasteiger partial charge in [0.1, 0.15) is 0 Å². The van der Waals surface area contributed by atoms with Crippen molar-refractivity contribution in [3.05, 3.63) is 47.8 Å². The molecule has 2 aromatic rings. The predicted molar refractivity (Wildman–Crippen MR) is 109 cm³/mol. The first-order valence-corrected chi connectivity index (χ1v) is 10.8. The van der Waals surface area contributed by atoms with E-state index in [0.717, 1.165) is 58.4 Å². The van der Waals surface area contributed by atoms with Gasteiger partial charge >= 0.3 is 0 Å². The van der Waals surface area contributed by atoms with Crippen molar-refractivity contribution < 1.29 is 4.79 Å². The standard InChI is InChI=1S/C22H31N5O/c28-22(26-15-5-2-6-16-26)21-18-27(24-23-21)20-12-8-14-25(17-20)13-7-11-19-9-3-1-4-10-19/h1,3-4,9-10,18,20H,2,5-8,11-17H2. The van der Waals surface area contributed by atoms with Crippen LogP contribution in [-0.4, -0.2) is 63.4 Å². The van der Waals surface area contributed by atoms with E-state index in [-0.39, 0.29) is 5.91 Å². The Labute approximate surface area is 167 Å². The predicted octanol–water partition coefficient (Wildman–Crippen LogP) is 3.17. The molecule has 2 saturated heterocycles. The normalized spacial score (nSPS) is 21.0. The molecule has 0 N–H and O–H groups in total. The van der Waals surface area contributed by atoms with Crippen molar-refractivity contribution in [3.8, 4) is 0 Å². The van der Waals surface area contributed by atoms with Crippen molar-refractivity contribution in [3.63, 3.8) is 0 Å². The molecule has 0 saturated carbocycles. The summed E-state index contributed by atoms with van der Waals surface area (Å²) in [6.07, 6.45) is 9.86. The molecule has 1 unspecified atom stereocenters. The van der Waals surface area contributed by atoms with Crippen molar-refractivity contribution in [2.75, 3.05) is 32.7 Å². The molecular weight excluding hydrogens is 350 g/mol. The largest absolute Gasteiger partial charge is 0.337 e. The van der Waals surface area contributed by atoms with Crippen LogP contribution in [0.25, 0.3) is 0 Å². The summed E-state index contributed by atoms with van der Waals surface area (Å²) in [5.41, 5.74) is 1.91. The molecule has 2 aliphatic heterocycles. The number of likely N-dealkylation sites (tertiary alicyclic amines) is 2. The number of carbonyl (C=O) groups excluding carboxylic acids is 1. The number of amides is 1. The van der Waals surface area contributed by atoms with Crippen molar-refractivity contribution >= 4 is 5.91 Å². The number of hydrogen-bond donors (Lipinski definition) is 0. The molecule has 0 spiro atoms. The summed E-state index contributed by atoms with van der Waals surface area (Å²) in [5, 5.41) is 8.51. The maximum absolute atomic E-state index is 12.6. The number of piperidine rings is 2. The highest BCUT2D eigenvalue weighted by atomic mass is 16.2. The Bertz CT molecular complexity index is 753. The third-order valence-corrected chi connectivity index (χ3v) is 6.01. The molecule has 3 heterocycles. The van der Waals surface area contributed by atoms with Gasteiger partial charge in [-0.05, 0) is 63.6 Å². The van der Waals surface area contributed by atoms with Gasteiger partial charge in [-0.15, -0.1) is 5.10 Å². The van der Waals surface area contributed by atoms with E-state index in [2.05, 4.69) is 45.5 Å². The lowest BCUT2D eigenvalue weighted by Gasteiger charge is -2.32. The van der Waals surface area contributed by atoms with Gasteiger partial charge in [0, 0.05) is 19.6 Å². The number of hydrogen-bond acceptors (Lipinski definition) is 4. The van der Waals surface area contributed by atoms with Crippen LogP contribution in [0.15, 0.2) is 36.5 Å². The highest BCUT2D eigenvalue weighted by Crippen LogP contribution is 2.22. The number of aryl methyl sites for hydroxylation is 1. The van der Waals surface area contributed by atoms with Crippen LogP contribution in [0, 0.1) is 0 Å². The van der Waals surface area contributed by atoms with Gasteiger partial charge in [-0.3, -0.25) is 4.79 Å². The molecule has 28 heavy (non-hydrogen) atoms. The highest BCUT2D eigenvalue weighted by molar-refractivity contribution is 5.91. The Morgan fingerprint density at radius 1 is 1.04 bits per heavy atom. The van der Waals surface area contributed by atoms with Gasteiger partial charge in [0.15, 0.2) is 5.69 Å². The molecule has 2 aliphatic rings. The minimum absolute atomic E-state index is 0.0430. The third kappa shape index (κ3) is 4.79. The maximum Gasteiger partial charge on any atom is 0.276 e. The molecule has 0 bridgehead atoms. The van der Waals surface area contributed by atoms with E-state index >= 15 is 0 Å². The summed E-state index contributed by atoms with van der Waals surface area (Å²) in [7, 11) is 0. The Morgan fingerprint density at radius 3 is 2.68 bits per heavy atom. The molecule has 1 aromatic heterocycles. The van der Waals surface area contributed by atoms with E-state index in [1.54, 1.807) is 0 Å².